The maximum Gasteiger partial charge on any atom is 0.219 e. The predicted molar refractivity (Wildman–Crippen MR) is 101 cm³/mol. The smallest absolute Gasteiger partial charge is 0.219 e. The lowest BCUT2D eigenvalue weighted by Gasteiger charge is -2.11. The highest BCUT2D eigenvalue weighted by molar-refractivity contribution is 5.69. The Morgan fingerprint density at radius 2 is 2.11 bits per heavy atom. The molecule has 8 heteroatoms. The summed E-state index contributed by atoms with van der Waals surface area (Å²) in [6.07, 6.45) is 2.74. The minimum atomic E-state index is -0.796. The molecular weight excluding hydrogens is 360 g/mol. The molecule has 0 aromatic carbocycles. The van der Waals surface area contributed by atoms with Crippen molar-refractivity contribution in [2.45, 2.75) is 32.5 Å². The number of nitrogen functional groups attached to an aromatic ring is 1. The standard InChI is InChI=1S/C20H20N4O4/c1-11-18(25)19(12(2)26-11)27-17-6-5-13(10-23-17)8-14-9-16(28-24-14)15-4-3-7-22-20(15)21/h3-7,9-11,18,25H,8H2,1-2H3,(H2,21,22). The summed E-state index contributed by atoms with van der Waals surface area (Å²) >= 11 is 0. The lowest BCUT2D eigenvalue weighted by molar-refractivity contribution is 0.0542. The predicted octanol–water partition coefficient (Wildman–Crippen LogP) is 2.69. The zero-order valence-corrected chi connectivity index (χ0v) is 15.5. The van der Waals surface area contributed by atoms with Crippen molar-refractivity contribution in [2.75, 3.05) is 5.73 Å². The van der Waals surface area contributed by atoms with Crippen LogP contribution in [0.1, 0.15) is 25.1 Å². The first-order chi connectivity index (χ1) is 13.5. The van der Waals surface area contributed by atoms with Gasteiger partial charge in [0.1, 0.15) is 17.7 Å². The van der Waals surface area contributed by atoms with Gasteiger partial charge in [0.05, 0.1) is 11.3 Å². The van der Waals surface area contributed by atoms with Crippen molar-refractivity contribution < 1.29 is 19.1 Å². The van der Waals surface area contributed by atoms with Gasteiger partial charge >= 0.3 is 0 Å². The molecule has 0 radical (unpaired) electrons. The van der Waals surface area contributed by atoms with Gasteiger partial charge in [-0.15, -0.1) is 0 Å². The number of anilines is 1. The Morgan fingerprint density at radius 1 is 1.25 bits per heavy atom. The fraction of sp³-hybridized carbons (Fsp3) is 0.250. The molecule has 0 saturated carbocycles. The number of allylic oxidation sites excluding steroid dienone is 1. The highest BCUT2D eigenvalue weighted by Gasteiger charge is 2.32. The van der Waals surface area contributed by atoms with Gasteiger partial charge in [0.2, 0.25) is 5.88 Å². The molecule has 4 rings (SSSR count). The SMILES string of the molecule is CC1=C(Oc2ccc(Cc3cc(-c4cccnc4N)on3)cn2)C(O)C(C)O1. The van der Waals surface area contributed by atoms with Crippen molar-refractivity contribution in [3.63, 3.8) is 0 Å². The first kappa shape index (κ1) is 18.0. The van der Waals surface area contributed by atoms with Crippen LogP contribution in [0.25, 0.3) is 11.3 Å². The van der Waals surface area contributed by atoms with Crippen LogP contribution in [0.2, 0.25) is 0 Å². The van der Waals surface area contributed by atoms with Crippen LogP contribution in [0.3, 0.4) is 0 Å². The highest BCUT2D eigenvalue weighted by Crippen LogP contribution is 2.28. The largest absolute Gasteiger partial charge is 0.489 e. The summed E-state index contributed by atoms with van der Waals surface area (Å²) in [4.78, 5) is 8.35. The third-order valence-corrected chi connectivity index (χ3v) is 4.48. The summed E-state index contributed by atoms with van der Waals surface area (Å²) in [6.45, 7) is 3.54. The van der Waals surface area contributed by atoms with Crippen molar-refractivity contribution >= 4 is 5.82 Å². The summed E-state index contributed by atoms with van der Waals surface area (Å²) in [5.41, 5.74) is 8.27. The second kappa shape index (κ2) is 7.32. The van der Waals surface area contributed by atoms with Crippen molar-refractivity contribution in [1.82, 2.24) is 15.1 Å². The molecule has 144 valence electrons. The van der Waals surface area contributed by atoms with E-state index in [1.54, 1.807) is 38.4 Å². The first-order valence-corrected chi connectivity index (χ1v) is 8.86. The van der Waals surface area contributed by atoms with Crippen LogP contribution >= 0.6 is 0 Å². The van der Waals surface area contributed by atoms with Gasteiger partial charge in [0.15, 0.2) is 17.6 Å². The maximum atomic E-state index is 10.1. The van der Waals surface area contributed by atoms with E-state index in [1.165, 1.54) is 0 Å². The lowest BCUT2D eigenvalue weighted by atomic mass is 10.1. The van der Waals surface area contributed by atoms with Crippen LogP contribution in [0, 0.1) is 0 Å². The number of aromatic nitrogens is 3. The summed E-state index contributed by atoms with van der Waals surface area (Å²) in [7, 11) is 0. The number of hydrogen-bond donors (Lipinski definition) is 2. The van der Waals surface area contributed by atoms with E-state index in [-0.39, 0.29) is 6.10 Å². The van der Waals surface area contributed by atoms with Gasteiger partial charge in [0.25, 0.3) is 0 Å². The summed E-state index contributed by atoms with van der Waals surface area (Å²) in [6, 6.07) is 9.08. The van der Waals surface area contributed by atoms with E-state index in [1.807, 2.05) is 18.2 Å². The van der Waals surface area contributed by atoms with Crippen LogP contribution in [0.5, 0.6) is 5.88 Å². The molecule has 2 unspecified atom stereocenters. The maximum absolute atomic E-state index is 10.1. The number of pyridine rings is 2. The molecule has 1 aliphatic rings. The number of nitrogens with two attached hydrogens (primary N) is 1. The molecule has 0 saturated heterocycles. The van der Waals surface area contributed by atoms with E-state index in [9.17, 15) is 5.11 Å². The molecule has 2 atom stereocenters. The van der Waals surface area contributed by atoms with E-state index in [0.29, 0.717) is 41.0 Å². The first-order valence-electron chi connectivity index (χ1n) is 8.86. The second-order valence-corrected chi connectivity index (χ2v) is 6.59. The third kappa shape index (κ3) is 3.54. The van der Waals surface area contributed by atoms with Crippen LogP contribution < -0.4 is 10.5 Å². The fourth-order valence-corrected chi connectivity index (χ4v) is 3.00. The number of aliphatic hydroxyl groups is 1. The number of nitrogens with zero attached hydrogens (tertiary/aromatic N) is 3. The molecule has 4 heterocycles. The molecule has 3 aromatic rings. The number of aliphatic hydroxyl groups excluding tert-OH is 1. The molecule has 28 heavy (non-hydrogen) atoms. The van der Waals surface area contributed by atoms with E-state index in [4.69, 9.17) is 19.7 Å². The lowest BCUT2D eigenvalue weighted by Crippen LogP contribution is -2.22. The number of hydrogen-bond acceptors (Lipinski definition) is 8. The average Bonchev–Trinajstić information content (AvgIpc) is 3.23. The molecule has 0 bridgehead atoms. The highest BCUT2D eigenvalue weighted by atomic mass is 16.6. The zero-order chi connectivity index (χ0) is 19.7. The monoisotopic (exact) mass is 380 g/mol. The van der Waals surface area contributed by atoms with E-state index < -0.39 is 6.10 Å². The van der Waals surface area contributed by atoms with Gasteiger partial charge in [-0.05, 0) is 31.5 Å². The van der Waals surface area contributed by atoms with Crippen LogP contribution in [-0.2, 0) is 11.2 Å². The molecule has 0 fully saturated rings. The molecule has 0 spiro atoms. The van der Waals surface area contributed by atoms with Crippen molar-refractivity contribution in [3.05, 3.63) is 65.5 Å². The number of rotatable bonds is 5. The Kier molecular flexibility index (Phi) is 4.70. The molecule has 0 amide bonds. The molecule has 0 aliphatic carbocycles. The van der Waals surface area contributed by atoms with Crippen molar-refractivity contribution in [1.29, 1.82) is 0 Å². The fourth-order valence-electron chi connectivity index (χ4n) is 3.00. The van der Waals surface area contributed by atoms with Gasteiger partial charge in [-0.25, -0.2) is 9.97 Å². The Hall–Kier alpha value is -3.39. The van der Waals surface area contributed by atoms with E-state index in [2.05, 4.69) is 15.1 Å². The third-order valence-electron chi connectivity index (χ3n) is 4.48. The Balaban J connectivity index is 1.44. The molecule has 8 nitrogen and oxygen atoms in total. The summed E-state index contributed by atoms with van der Waals surface area (Å²) in [5.74, 6) is 2.31. The van der Waals surface area contributed by atoms with Crippen LogP contribution in [0.15, 0.2) is 58.8 Å². The number of ether oxygens (including phenoxy) is 2. The average molecular weight is 380 g/mol. The minimum Gasteiger partial charge on any atom is -0.489 e. The van der Waals surface area contributed by atoms with Gasteiger partial charge in [0, 0.05) is 30.9 Å². The van der Waals surface area contributed by atoms with Crippen molar-refractivity contribution in [3.8, 4) is 17.2 Å². The normalized spacial score (nSPS) is 19.0. The Bertz CT molecular complexity index is 1010. The van der Waals surface area contributed by atoms with Crippen LogP contribution in [0.4, 0.5) is 5.82 Å². The second-order valence-electron chi connectivity index (χ2n) is 6.59. The van der Waals surface area contributed by atoms with Crippen molar-refractivity contribution in [2.24, 2.45) is 0 Å². The molecule has 3 aromatic heterocycles. The quantitative estimate of drug-likeness (QED) is 0.694. The summed E-state index contributed by atoms with van der Waals surface area (Å²) < 4.78 is 16.5. The molecule has 3 N–H and O–H groups in total. The van der Waals surface area contributed by atoms with E-state index in [0.717, 1.165) is 11.3 Å². The van der Waals surface area contributed by atoms with Gasteiger partial charge in [-0.3, -0.25) is 0 Å². The topological polar surface area (TPSA) is 117 Å². The minimum absolute atomic E-state index is 0.329. The van der Waals surface area contributed by atoms with Crippen LogP contribution in [-0.4, -0.2) is 32.4 Å². The van der Waals surface area contributed by atoms with Gasteiger partial charge in [-0.1, -0.05) is 11.2 Å². The Morgan fingerprint density at radius 3 is 2.79 bits per heavy atom. The molecule has 1 aliphatic heterocycles. The Labute approximate surface area is 161 Å². The van der Waals surface area contributed by atoms with E-state index >= 15 is 0 Å². The van der Waals surface area contributed by atoms with Gasteiger partial charge in [-0.2, -0.15) is 0 Å². The zero-order valence-electron chi connectivity index (χ0n) is 15.5. The van der Waals surface area contributed by atoms with Gasteiger partial charge < -0.3 is 24.8 Å². The summed E-state index contributed by atoms with van der Waals surface area (Å²) in [5, 5.41) is 14.2. The molecular formula is C20H20N4O4.